The van der Waals surface area contributed by atoms with Crippen LogP contribution in [0.4, 0.5) is 11.6 Å². The molecule has 0 aliphatic carbocycles. The van der Waals surface area contributed by atoms with Gasteiger partial charge in [-0.3, -0.25) is 9.48 Å². The molecule has 0 radical (unpaired) electrons. The van der Waals surface area contributed by atoms with E-state index in [0.29, 0.717) is 11.4 Å². The molecule has 94 valence electrons. The van der Waals surface area contributed by atoms with Gasteiger partial charge in [-0.1, -0.05) is 11.6 Å². The number of carbonyl (C=O) groups excluding carboxylic acids is 1. The van der Waals surface area contributed by atoms with Gasteiger partial charge in [0.1, 0.15) is 11.6 Å². The fourth-order valence-electron chi connectivity index (χ4n) is 1.49. The third-order valence-electron chi connectivity index (χ3n) is 2.38. The number of anilines is 2. The molecule has 3 N–H and O–H groups in total. The number of nitrogens with two attached hydrogens (primary N) is 1. The quantitative estimate of drug-likeness (QED) is 0.864. The topological polar surface area (TPSA) is 85.8 Å². The summed E-state index contributed by atoms with van der Waals surface area (Å²) in [5.41, 5.74) is 6.64. The van der Waals surface area contributed by atoms with Crippen LogP contribution in [0.15, 0.2) is 18.3 Å². The van der Waals surface area contributed by atoms with E-state index in [2.05, 4.69) is 15.4 Å². The highest BCUT2D eigenvalue weighted by atomic mass is 35.5. The number of aryl methyl sites for hydroxylation is 2. The van der Waals surface area contributed by atoms with Gasteiger partial charge in [0, 0.05) is 19.3 Å². The van der Waals surface area contributed by atoms with Crippen LogP contribution in [0.5, 0.6) is 0 Å². The molecule has 6 nitrogen and oxygen atoms in total. The normalized spacial score (nSPS) is 10.4. The van der Waals surface area contributed by atoms with E-state index in [1.165, 1.54) is 12.3 Å². The molecule has 2 aromatic heterocycles. The monoisotopic (exact) mass is 265 g/mol. The molecule has 1 amide bonds. The van der Waals surface area contributed by atoms with E-state index in [1.807, 2.05) is 6.92 Å². The second kappa shape index (κ2) is 4.66. The predicted molar refractivity (Wildman–Crippen MR) is 69.6 cm³/mol. The summed E-state index contributed by atoms with van der Waals surface area (Å²) in [6, 6.07) is 3.24. The Balaban J connectivity index is 2.22. The summed E-state index contributed by atoms with van der Waals surface area (Å²) in [5, 5.41) is 7.10. The maximum absolute atomic E-state index is 11.9. The van der Waals surface area contributed by atoms with Gasteiger partial charge in [0.15, 0.2) is 0 Å². The number of aromatic nitrogens is 3. The minimum Gasteiger partial charge on any atom is -0.382 e. The molecule has 0 atom stereocenters. The van der Waals surface area contributed by atoms with Crippen LogP contribution in [-0.4, -0.2) is 20.7 Å². The minimum absolute atomic E-state index is 0.199. The molecule has 2 rings (SSSR count). The van der Waals surface area contributed by atoms with Crippen LogP contribution >= 0.6 is 11.6 Å². The van der Waals surface area contributed by atoms with Gasteiger partial charge in [-0.05, 0) is 13.0 Å². The molecule has 0 saturated heterocycles. The molecular weight excluding hydrogens is 254 g/mol. The third kappa shape index (κ3) is 2.43. The van der Waals surface area contributed by atoms with E-state index in [0.717, 1.165) is 5.69 Å². The van der Waals surface area contributed by atoms with Gasteiger partial charge < -0.3 is 11.1 Å². The zero-order valence-electron chi connectivity index (χ0n) is 9.94. The Labute approximate surface area is 109 Å². The number of amides is 1. The summed E-state index contributed by atoms with van der Waals surface area (Å²) < 4.78 is 1.58. The molecule has 0 aromatic carbocycles. The Morgan fingerprint density at radius 2 is 2.22 bits per heavy atom. The van der Waals surface area contributed by atoms with Crippen molar-refractivity contribution in [2.75, 3.05) is 11.1 Å². The molecule has 0 aliphatic rings. The molecular formula is C11H12ClN5O. The van der Waals surface area contributed by atoms with Crippen molar-refractivity contribution in [3.8, 4) is 0 Å². The second-order valence-corrected chi connectivity index (χ2v) is 4.25. The Morgan fingerprint density at radius 1 is 1.50 bits per heavy atom. The fraction of sp³-hybridized carbons (Fsp3) is 0.182. The number of nitrogens with zero attached hydrogens (tertiary/aromatic N) is 3. The van der Waals surface area contributed by atoms with Gasteiger partial charge in [0.2, 0.25) is 0 Å². The molecule has 0 spiro atoms. The lowest BCUT2D eigenvalue weighted by atomic mass is 10.2. The Hall–Kier alpha value is -2.08. The second-order valence-electron chi connectivity index (χ2n) is 3.84. The highest BCUT2D eigenvalue weighted by Crippen LogP contribution is 2.18. The first kappa shape index (κ1) is 12.4. The van der Waals surface area contributed by atoms with Crippen molar-refractivity contribution in [2.24, 2.45) is 7.05 Å². The molecule has 2 aromatic rings. The average Bonchev–Trinajstić information content (AvgIpc) is 2.61. The maximum atomic E-state index is 11.9. The van der Waals surface area contributed by atoms with Crippen molar-refractivity contribution in [2.45, 2.75) is 6.92 Å². The van der Waals surface area contributed by atoms with Crippen LogP contribution in [0.1, 0.15) is 16.1 Å². The van der Waals surface area contributed by atoms with Crippen LogP contribution < -0.4 is 11.1 Å². The SMILES string of the molecule is Cc1cc(NC(=O)c2cnc(N)c(Cl)c2)n(C)n1. The van der Waals surface area contributed by atoms with E-state index in [-0.39, 0.29) is 16.7 Å². The third-order valence-corrected chi connectivity index (χ3v) is 2.68. The largest absolute Gasteiger partial charge is 0.382 e. The van der Waals surface area contributed by atoms with E-state index < -0.39 is 0 Å². The first-order valence-corrected chi connectivity index (χ1v) is 5.58. The van der Waals surface area contributed by atoms with Crippen molar-refractivity contribution >= 4 is 29.1 Å². The van der Waals surface area contributed by atoms with Crippen LogP contribution in [0.3, 0.4) is 0 Å². The van der Waals surface area contributed by atoms with Gasteiger partial charge in [-0.25, -0.2) is 4.98 Å². The number of nitrogens with one attached hydrogen (secondary N) is 1. The van der Waals surface area contributed by atoms with Crippen molar-refractivity contribution in [1.82, 2.24) is 14.8 Å². The number of halogens is 1. The van der Waals surface area contributed by atoms with E-state index in [4.69, 9.17) is 17.3 Å². The Morgan fingerprint density at radius 3 is 2.78 bits per heavy atom. The lowest BCUT2D eigenvalue weighted by molar-refractivity contribution is 0.102. The fourth-order valence-corrected chi connectivity index (χ4v) is 1.66. The molecule has 2 heterocycles. The smallest absolute Gasteiger partial charge is 0.258 e. The molecule has 0 unspecified atom stereocenters. The summed E-state index contributed by atoms with van der Waals surface area (Å²) in [6.45, 7) is 1.84. The van der Waals surface area contributed by atoms with Crippen molar-refractivity contribution in [3.63, 3.8) is 0 Å². The summed E-state index contributed by atoms with van der Waals surface area (Å²) in [4.78, 5) is 15.8. The van der Waals surface area contributed by atoms with Crippen LogP contribution in [0, 0.1) is 6.92 Å². The van der Waals surface area contributed by atoms with Crippen molar-refractivity contribution in [3.05, 3.63) is 34.6 Å². The maximum Gasteiger partial charge on any atom is 0.258 e. The number of carbonyl (C=O) groups is 1. The molecule has 0 fully saturated rings. The van der Waals surface area contributed by atoms with Gasteiger partial charge in [-0.2, -0.15) is 5.10 Å². The highest BCUT2D eigenvalue weighted by molar-refractivity contribution is 6.33. The first-order chi connectivity index (χ1) is 8.47. The number of rotatable bonds is 2. The zero-order chi connectivity index (χ0) is 13.3. The minimum atomic E-state index is -0.313. The van der Waals surface area contributed by atoms with Gasteiger partial charge in [0.25, 0.3) is 5.91 Å². The van der Waals surface area contributed by atoms with Crippen LogP contribution in [0.2, 0.25) is 5.02 Å². The molecule has 0 aliphatic heterocycles. The standard InChI is InChI=1S/C11H12ClN5O/c1-6-3-9(17(2)16-6)15-11(18)7-4-8(12)10(13)14-5-7/h3-5H,1-2H3,(H2,13,14)(H,15,18). The Kier molecular flexibility index (Phi) is 3.20. The van der Waals surface area contributed by atoms with Gasteiger partial charge in [0.05, 0.1) is 16.3 Å². The van der Waals surface area contributed by atoms with E-state index in [1.54, 1.807) is 17.8 Å². The summed E-state index contributed by atoms with van der Waals surface area (Å²) in [6.07, 6.45) is 1.37. The molecule has 0 bridgehead atoms. The van der Waals surface area contributed by atoms with Gasteiger partial charge >= 0.3 is 0 Å². The summed E-state index contributed by atoms with van der Waals surface area (Å²) in [5.74, 6) is 0.488. The van der Waals surface area contributed by atoms with Crippen molar-refractivity contribution in [1.29, 1.82) is 0 Å². The van der Waals surface area contributed by atoms with Crippen LogP contribution in [-0.2, 0) is 7.05 Å². The predicted octanol–water partition coefficient (Wildman–Crippen LogP) is 1.61. The summed E-state index contributed by atoms with van der Waals surface area (Å²) in [7, 11) is 1.75. The lowest BCUT2D eigenvalue weighted by Crippen LogP contribution is -2.15. The van der Waals surface area contributed by atoms with Crippen LogP contribution in [0.25, 0.3) is 0 Å². The van der Waals surface area contributed by atoms with E-state index >= 15 is 0 Å². The van der Waals surface area contributed by atoms with Gasteiger partial charge in [-0.15, -0.1) is 0 Å². The molecule has 18 heavy (non-hydrogen) atoms. The highest BCUT2D eigenvalue weighted by Gasteiger charge is 2.11. The number of hydrogen-bond acceptors (Lipinski definition) is 4. The number of hydrogen-bond donors (Lipinski definition) is 2. The molecule has 0 saturated carbocycles. The lowest BCUT2D eigenvalue weighted by Gasteiger charge is -2.05. The van der Waals surface area contributed by atoms with E-state index in [9.17, 15) is 4.79 Å². The first-order valence-electron chi connectivity index (χ1n) is 5.20. The van der Waals surface area contributed by atoms with Crippen molar-refractivity contribution < 1.29 is 4.79 Å². The summed E-state index contributed by atoms with van der Waals surface area (Å²) >= 11 is 5.81. The zero-order valence-corrected chi connectivity index (χ0v) is 10.7. The number of nitrogen functional groups attached to an aromatic ring is 1. The Bertz CT molecular complexity index is 607. The average molecular weight is 266 g/mol. The molecule has 7 heteroatoms. The number of pyridine rings is 1.